The van der Waals surface area contributed by atoms with Gasteiger partial charge in [0.25, 0.3) is 0 Å². The zero-order valence-corrected chi connectivity index (χ0v) is 10.9. The van der Waals surface area contributed by atoms with Crippen molar-refractivity contribution in [3.05, 3.63) is 23.8 Å². The molecule has 1 aliphatic heterocycles. The van der Waals surface area contributed by atoms with Crippen molar-refractivity contribution in [1.82, 2.24) is 5.01 Å². The fourth-order valence-corrected chi connectivity index (χ4v) is 2.41. The number of rotatable bonds is 2. The summed E-state index contributed by atoms with van der Waals surface area (Å²) in [5.74, 6) is 0.112. The molecule has 0 aliphatic carbocycles. The van der Waals surface area contributed by atoms with Gasteiger partial charge in [-0.25, -0.2) is 0 Å². The summed E-state index contributed by atoms with van der Waals surface area (Å²) in [6.07, 6.45) is 5.22. The quantitative estimate of drug-likeness (QED) is 0.791. The third-order valence-corrected chi connectivity index (χ3v) is 3.49. The van der Waals surface area contributed by atoms with E-state index >= 15 is 0 Å². The molecule has 0 saturated carbocycles. The van der Waals surface area contributed by atoms with Gasteiger partial charge in [0, 0.05) is 23.7 Å². The molecule has 2 rings (SSSR count). The number of hydrazone groups is 1. The number of phenolic OH excluding ortho intramolecular Hbond substituents is 2. The molecule has 2 atom stereocenters. The second-order valence-corrected chi connectivity index (χ2v) is 5.00. The highest BCUT2D eigenvalue weighted by Gasteiger charge is 2.22. The maximum atomic E-state index is 9.68. The van der Waals surface area contributed by atoms with Crippen LogP contribution in [0.4, 0.5) is 0 Å². The van der Waals surface area contributed by atoms with Gasteiger partial charge in [0.05, 0.1) is 6.21 Å². The molecule has 0 radical (unpaired) electrons. The van der Waals surface area contributed by atoms with E-state index in [0.29, 0.717) is 17.6 Å². The van der Waals surface area contributed by atoms with Gasteiger partial charge in [0.2, 0.25) is 0 Å². The molecular weight excluding hydrogens is 228 g/mol. The smallest absolute Gasteiger partial charge is 0.128 e. The first-order chi connectivity index (χ1) is 8.58. The van der Waals surface area contributed by atoms with Gasteiger partial charge in [0.1, 0.15) is 11.5 Å². The molecule has 18 heavy (non-hydrogen) atoms. The number of aromatic hydroxyl groups is 2. The molecule has 0 aromatic heterocycles. The molecule has 1 aliphatic rings. The number of phenols is 2. The van der Waals surface area contributed by atoms with Crippen LogP contribution in [0, 0.1) is 0 Å². The van der Waals surface area contributed by atoms with Crippen LogP contribution in [0.15, 0.2) is 23.3 Å². The van der Waals surface area contributed by atoms with Crippen LogP contribution in [0.3, 0.4) is 0 Å². The highest BCUT2D eigenvalue weighted by atomic mass is 16.3. The molecule has 2 N–H and O–H groups in total. The Labute approximate surface area is 108 Å². The van der Waals surface area contributed by atoms with Crippen LogP contribution in [-0.2, 0) is 0 Å². The van der Waals surface area contributed by atoms with Gasteiger partial charge in [-0.2, -0.15) is 5.10 Å². The van der Waals surface area contributed by atoms with Crippen LogP contribution < -0.4 is 0 Å². The lowest BCUT2D eigenvalue weighted by Crippen LogP contribution is -2.39. The summed E-state index contributed by atoms with van der Waals surface area (Å²) < 4.78 is 0. The summed E-state index contributed by atoms with van der Waals surface area (Å²) >= 11 is 0. The van der Waals surface area contributed by atoms with Gasteiger partial charge >= 0.3 is 0 Å². The Morgan fingerprint density at radius 2 is 1.89 bits per heavy atom. The van der Waals surface area contributed by atoms with E-state index in [1.54, 1.807) is 18.3 Å². The number of hydrogen-bond donors (Lipinski definition) is 2. The molecule has 98 valence electrons. The molecule has 1 heterocycles. The van der Waals surface area contributed by atoms with Crippen LogP contribution >= 0.6 is 0 Å². The lowest BCUT2D eigenvalue weighted by molar-refractivity contribution is 0.109. The predicted octanol–water partition coefficient (Wildman–Crippen LogP) is 2.69. The first-order valence-corrected chi connectivity index (χ1v) is 6.42. The SMILES string of the molecule is CC1CCCC(C)N1N=Cc1ccc(O)cc1O. The third kappa shape index (κ3) is 2.75. The number of benzene rings is 1. The van der Waals surface area contributed by atoms with Crippen LogP contribution in [0.1, 0.15) is 38.7 Å². The molecule has 1 aromatic carbocycles. The highest BCUT2D eigenvalue weighted by Crippen LogP contribution is 2.24. The van der Waals surface area contributed by atoms with Crippen molar-refractivity contribution in [2.24, 2.45) is 5.10 Å². The summed E-state index contributed by atoms with van der Waals surface area (Å²) in [6.45, 7) is 4.34. The van der Waals surface area contributed by atoms with E-state index in [2.05, 4.69) is 24.0 Å². The Balaban J connectivity index is 2.14. The monoisotopic (exact) mass is 248 g/mol. The Morgan fingerprint density at radius 1 is 1.22 bits per heavy atom. The minimum absolute atomic E-state index is 0.0519. The Hall–Kier alpha value is -1.71. The average Bonchev–Trinajstić information content (AvgIpc) is 2.31. The van der Waals surface area contributed by atoms with E-state index in [9.17, 15) is 10.2 Å². The molecule has 2 unspecified atom stereocenters. The van der Waals surface area contributed by atoms with Crippen LogP contribution in [-0.4, -0.2) is 33.5 Å². The van der Waals surface area contributed by atoms with Crippen molar-refractivity contribution >= 4 is 6.21 Å². The zero-order valence-electron chi connectivity index (χ0n) is 10.9. The van der Waals surface area contributed by atoms with Crippen molar-refractivity contribution in [3.8, 4) is 11.5 Å². The number of nitrogens with zero attached hydrogens (tertiary/aromatic N) is 2. The summed E-state index contributed by atoms with van der Waals surface area (Å²) in [5.41, 5.74) is 0.623. The van der Waals surface area contributed by atoms with Crippen LogP contribution in [0.2, 0.25) is 0 Å². The van der Waals surface area contributed by atoms with E-state index in [1.165, 1.54) is 12.5 Å². The van der Waals surface area contributed by atoms with Crippen LogP contribution in [0.5, 0.6) is 11.5 Å². The van der Waals surface area contributed by atoms with Gasteiger partial charge in [0.15, 0.2) is 0 Å². The van der Waals surface area contributed by atoms with Crippen molar-refractivity contribution < 1.29 is 10.2 Å². The Kier molecular flexibility index (Phi) is 3.75. The minimum Gasteiger partial charge on any atom is -0.508 e. The fraction of sp³-hybridized carbons (Fsp3) is 0.500. The van der Waals surface area contributed by atoms with Gasteiger partial charge < -0.3 is 10.2 Å². The predicted molar refractivity (Wildman–Crippen MR) is 72.0 cm³/mol. The lowest BCUT2D eigenvalue weighted by Gasteiger charge is -2.36. The van der Waals surface area contributed by atoms with Gasteiger partial charge in [-0.05, 0) is 45.2 Å². The molecule has 4 heteroatoms. The molecule has 1 fully saturated rings. The third-order valence-electron chi connectivity index (χ3n) is 3.49. The standard InChI is InChI=1S/C14H20N2O2/c1-10-4-3-5-11(2)16(10)15-9-12-6-7-13(17)8-14(12)18/h6-11,17-18H,3-5H2,1-2H3. The zero-order chi connectivity index (χ0) is 13.1. The highest BCUT2D eigenvalue weighted by molar-refractivity contribution is 5.83. The number of hydrogen-bond acceptors (Lipinski definition) is 4. The average molecular weight is 248 g/mol. The summed E-state index contributed by atoms with van der Waals surface area (Å²) in [5, 5.41) is 25.5. The van der Waals surface area contributed by atoms with Crippen LogP contribution in [0.25, 0.3) is 0 Å². The van der Waals surface area contributed by atoms with E-state index < -0.39 is 0 Å². The Morgan fingerprint density at radius 3 is 2.50 bits per heavy atom. The first kappa shape index (κ1) is 12.7. The minimum atomic E-state index is 0.0519. The van der Waals surface area contributed by atoms with E-state index in [-0.39, 0.29) is 11.5 Å². The lowest BCUT2D eigenvalue weighted by atomic mass is 10.00. The summed E-state index contributed by atoms with van der Waals surface area (Å²) in [6, 6.07) is 5.40. The molecule has 4 nitrogen and oxygen atoms in total. The van der Waals surface area contributed by atoms with Crippen molar-refractivity contribution in [2.75, 3.05) is 0 Å². The second-order valence-electron chi connectivity index (χ2n) is 5.00. The fourth-order valence-electron chi connectivity index (χ4n) is 2.41. The Bertz CT molecular complexity index is 435. The molecule has 1 saturated heterocycles. The van der Waals surface area contributed by atoms with Gasteiger partial charge in [-0.1, -0.05) is 0 Å². The topological polar surface area (TPSA) is 56.1 Å². The maximum absolute atomic E-state index is 9.68. The summed E-state index contributed by atoms with van der Waals surface area (Å²) in [4.78, 5) is 0. The van der Waals surface area contributed by atoms with Gasteiger partial charge in [-0.3, -0.25) is 5.01 Å². The first-order valence-electron chi connectivity index (χ1n) is 6.42. The van der Waals surface area contributed by atoms with E-state index in [1.807, 2.05) is 0 Å². The molecule has 1 aromatic rings. The normalized spacial score (nSPS) is 24.7. The van der Waals surface area contributed by atoms with Crippen molar-refractivity contribution in [1.29, 1.82) is 0 Å². The number of piperidine rings is 1. The molecular formula is C14H20N2O2. The van der Waals surface area contributed by atoms with E-state index in [4.69, 9.17) is 0 Å². The van der Waals surface area contributed by atoms with E-state index in [0.717, 1.165) is 12.8 Å². The van der Waals surface area contributed by atoms with Crippen molar-refractivity contribution in [3.63, 3.8) is 0 Å². The largest absolute Gasteiger partial charge is 0.508 e. The molecule has 0 amide bonds. The van der Waals surface area contributed by atoms with Gasteiger partial charge in [-0.15, -0.1) is 0 Å². The summed E-state index contributed by atoms with van der Waals surface area (Å²) in [7, 11) is 0. The molecule has 0 bridgehead atoms. The van der Waals surface area contributed by atoms with Crippen molar-refractivity contribution in [2.45, 2.75) is 45.2 Å². The molecule has 0 spiro atoms. The maximum Gasteiger partial charge on any atom is 0.128 e. The second kappa shape index (κ2) is 5.29.